The molecule has 2 aromatic carbocycles. The van der Waals surface area contributed by atoms with Gasteiger partial charge in [-0.2, -0.15) is 4.31 Å². The van der Waals surface area contributed by atoms with Gasteiger partial charge in [-0.25, -0.2) is 23.0 Å². The lowest BCUT2D eigenvalue weighted by Gasteiger charge is -2.27. The van der Waals surface area contributed by atoms with Crippen molar-refractivity contribution in [3.05, 3.63) is 84.8 Å². The lowest BCUT2D eigenvalue weighted by Crippen LogP contribution is -2.44. The average Bonchev–Trinajstić information content (AvgIpc) is 2.98. The number of pyridine rings is 2. The number of carboxylic acid groups (broad SMARTS) is 1. The molecule has 0 bridgehead atoms. The van der Waals surface area contributed by atoms with Crippen molar-refractivity contribution >= 4 is 50.0 Å². The van der Waals surface area contributed by atoms with Gasteiger partial charge in [-0.3, -0.25) is 4.98 Å². The molecule has 1 aliphatic heterocycles. The maximum absolute atomic E-state index is 13.2. The largest absolute Gasteiger partial charge is 0.480 e. The Hall–Kier alpha value is -4.55. The van der Waals surface area contributed by atoms with Gasteiger partial charge in [0.05, 0.1) is 5.69 Å². The molecule has 0 spiro atoms. The number of piperidine rings is 1. The van der Waals surface area contributed by atoms with Crippen molar-refractivity contribution in [2.24, 2.45) is 0 Å². The summed E-state index contributed by atoms with van der Waals surface area (Å²) in [5, 5.41) is 19.9. The van der Waals surface area contributed by atoms with Crippen LogP contribution in [-0.2, 0) is 21.2 Å². The zero-order valence-corrected chi connectivity index (χ0v) is 23.0. The van der Waals surface area contributed by atoms with E-state index in [1.54, 1.807) is 55.0 Å². The first kappa shape index (κ1) is 28.0. The number of amides is 2. The normalized spacial score (nSPS) is 14.7. The van der Waals surface area contributed by atoms with E-state index in [1.807, 2.05) is 12.1 Å². The van der Waals surface area contributed by atoms with Gasteiger partial charge in [0, 0.05) is 54.6 Å². The number of aliphatic carboxylic acids is 1. The number of hydrogen-bond acceptors (Lipinski definition) is 7. The number of nitrogens with zero attached hydrogens (tertiary/aromatic N) is 3. The molecular weight excluding hydrogens is 544 g/mol. The molecule has 5 rings (SSSR count). The molecule has 4 aromatic rings. The summed E-state index contributed by atoms with van der Waals surface area (Å²) in [5.74, 6) is -0.549. The van der Waals surface area contributed by atoms with Crippen LogP contribution in [0.15, 0.2) is 84.1 Å². The van der Waals surface area contributed by atoms with Crippen LogP contribution in [0.4, 0.5) is 22.0 Å². The van der Waals surface area contributed by atoms with Crippen molar-refractivity contribution < 1.29 is 23.1 Å². The molecule has 11 nitrogen and oxygen atoms in total. The first-order chi connectivity index (χ1) is 19.8. The topological polar surface area (TPSA) is 154 Å². The molecule has 1 fully saturated rings. The predicted molar refractivity (Wildman–Crippen MR) is 156 cm³/mol. The van der Waals surface area contributed by atoms with Gasteiger partial charge in [-0.15, -0.1) is 0 Å². The summed E-state index contributed by atoms with van der Waals surface area (Å²) in [6.45, 7) is 0.850. The highest BCUT2D eigenvalue weighted by molar-refractivity contribution is 7.89. The predicted octanol–water partition coefficient (Wildman–Crippen LogP) is 4.37. The second kappa shape index (κ2) is 12.3. The Morgan fingerprint density at radius 2 is 1.71 bits per heavy atom. The number of carbonyl (C=O) groups is 2. The third-order valence-electron chi connectivity index (χ3n) is 6.89. The summed E-state index contributed by atoms with van der Waals surface area (Å²) in [6, 6.07) is 15.0. The summed E-state index contributed by atoms with van der Waals surface area (Å²) < 4.78 is 27.9. The molecule has 1 aliphatic rings. The van der Waals surface area contributed by atoms with E-state index in [0.29, 0.717) is 24.5 Å². The molecule has 2 aromatic heterocycles. The standard InChI is InChI=1S/C29H30N6O5S/c36-28(37)25(18-20-8-10-22(11-9-20)32-27-23-13-14-30-19-21(23)12-15-31-27)34-29(38)33-24-6-2-3-7-26(24)41(39,40)35-16-4-1-5-17-35/h2-3,6-15,19,25H,1,4-5,16-18H2,(H,31,32)(H,36,37)(H2,33,34,38). The quantitative estimate of drug-likeness (QED) is 0.230. The number of rotatable bonds is 9. The number of sulfonamides is 1. The Kier molecular flexibility index (Phi) is 8.41. The van der Waals surface area contributed by atoms with Crippen LogP contribution in [-0.4, -0.2) is 58.9 Å². The molecular formula is C29H30N6O5S. The number of aromatic nitrogens is 2. The smallest absolute Gasteiger partial charge is 0.326 e. The monoisotopic (exact) mass is 574 g/mol. The van der Waals surface area contributed by atoms with Gasteiger partial charge in [0.1, 0.15) is 16.8 Å². The minimum Gasteiger partial charge on any atom is -0.480 e. The van der Waals surface area contributed by atoms with Crippen LogP contribution in [0.3, 0.4) is 0 Å². The summed E-state index contributed by atoms with van der Waals surface area (Å²) in [7, 11) is -3.81. The fraction of sp³-hybridized carbons (Fsp3) is 0.241. The van der Waals surface area contributed by atoms with Gasteiger partial charge in [-0.05, 0) is 54.8 Å². The van der Waals surface area contributed by atoms with E-state index in [0.717, 1.165) is 35.7 Å². The minimum absolute atomic E-state index is 0.0228. The van der Waals surface area contributed by atoms with Crippen LogP contribution in [0.5, 0.6) is 0 Å². The van der Waals surface area contributed by atoms with Crippen LogP contribution in [0.25, 0.3) is 10.8 Å². The molecule has 212 valence electrons. The number of para-hydroxylation sites is 1. The van der Waals surface area contributed by atoms with E-state index in [2.05, 4.69) is 25.9 Å². The van der Waals surface area contributed by atoms with Crippen LogP contribution in [0.2, 0.25) is 0 Å². The number of urea groups is 1. The lowest BCUT2D eigenvalue weighted by molar-refractivity contribution is -0.139. The first-order valence-electron chi connectivity index (χ1n) is 13.3. The van der Waals surface area contributed by atoms with Crippen molar-refractivity contribution in [2.75, 3.05) is 23.7 Å². The second-order valence-corrected chi connectivity index (χ2v) is 11.6. The second-order valence-electron chi connectivity index (χ2n) is 9.73. The Labute approximate surface area is 237 Å². The molecule has 0 aliphatic carbocycles. The van der Waals surface area contributed by atoms with E-state index < -0.39 is 28.1 Å². The summed E-state index contributed by atoms with van der Waals surface area (Å²) in [5.41, 5.74) is 1.54. The lowest BCUT2D eigenvalue weighted by atomic mass is 10.1. The van der Waals surface area contributed by atoms with Gasteiger partial charge in [-0.1, -0.05) is 30.7 Å². The van der Waals surface area contributed by atoms with Crippen LogP contribution < -0.4 is 16.0 Å². The number of carbonyl (C=O) groups excluding carboxylic acids is 1. The van der Waals surface area contributed by atoms with Gasteiger partial charge >= 0.3 is 12.0 Å². The number of anilines is 3. The highest BCUT2D eigenvalue weighted by atomic mass is 32.2. The molecule has 0 radical (unpaired) electrons. The maximum atomic E-state index is 13.2. The summed E-state index contributed by atoms with van der Waals surface area (Å²) in [4.78, 5) is 33.3. The molecule has 41 heavy (non-hydrogen) atoms. The van der Waals surface area contributed by atoms with Gasteiger partial charge in [0.2, 0.25) is 10.0 Å². The molecule has 3 heterocycles. The highest BCUT2D eigenvalue weighted by Crippen LogP contribution is 2.27. The SMILES string of the molecule is O=C(Nc1ccccc1S(=O)(=O)N1CCCCC1)NC(Cc1ccc(Nc2nccc3cnccc23)cc1)C(=O)O. The molecule has 1 saturated heterocycles. The fourth-order valence-corrected chi connectivity index (χ4v) is 6.43. The van der Waals surface area contributed by atoms with Crippen molar-refractivity contribution in [3.63, 3.8) is 0 Å². The number of carboxylic acids is 1. The van der Waals surface area contributed by atoms with Crippen LogP contribution in [0, 0.1) is 0 Å². The Morgan fingerprint density at radius 1 is 0.951 bits per heavy atom. The van der Waals surface area contributed by atoms with Gasteiger partial charge < -0.3 is 21.1 Å². The summed E-state index contributed by atoms with van der Waals surface area (Å²) >= 11 is 0. The van der Waals surface area contributed by atoms with Crippen LogP contribution in [0.1, 0.15) is 24.8 Å². The van der Waals surface area contributed by atoms with E-state index in [4.69, 9.17) is 0 Å². The average molecular weight is 575 g/mol. The summed E-state index contributed by atoms with van der Waals surface area (Å²) in [6.07, 6.45) is 7.70. The van der Waals surface area contributed by atoms with Gasteiger partial charge in [0.25, 0.3) is 0 Å². The Bertz CT molecular complexity index is 1650. The van der Waals surface area contributed by atoms with Crippen LogP contribution >= 0.6 is 0 Å². The zero-order chi connectivity index (χ0) is 28.8. The highest BCUT2D eigenvalue weighted by Gasteiger charge is 2.29. The van der Waals surface area contributed by atoms with Crippen molar-refractivity contribution in [1.82, 2.24) is 19.6 Å². The van der Waals surface area contributed by atoms with E-state index in [9.17, 15) is 23.1 Å². The first-order valence-corrected chi connectivity index (χ1v) is 14.7. The van der Waals surface area contributed by atoms with E-state index >= 15 is 0 Å². The van der Waals surface area contributed by atoms with E-state index in [-0.39, 0.29) is 17.0 Å². The molecule has 1 unspecified atom stereocenters. The minimum atomic E-state index is -3.81. The number of fused-ring (bicyclic) bond motifs is 1. The third kappa shape index (κ3) is 6.61. The molecule has 0 saturated carbocycles. The number of hydrogen-bond donors (Lipinski definition) is 4. The number of benzene rings is 2. The van der Waals surface area contributed by atoms with E-state index in [1.165, 1.54) is 16.4 Å². The maximum Gasteiger partial charge on any atom is 0.326 e. The Balaban J connectivity index is 1.24. The van der Waals surface area contributed by atoms with Crippen molar-refractivity contribution in [1.29, 1.82) is 0 Å². The molecule has 12 heteroatoms. The molecule has 2 amide bonds. The van der Waals surface area contributed by atoms with Crippen molar-refractivity contribution in [3.8, 4) is 0 Å². The van der Waals surface area contributed by atoms with Crippen molar-refractivity contribution in [2.45, 2.75) is 36.6 Å². The molecule has 4 N–H and O–H groups in total. The fourth-order valence-electron chi connectivity index (χ4n) is 4.77. The van der Waals surface area contributed by atoms with Gasteiger partial charge in [0.15, 0.2) is 0 Å². The molecule has 1 atom stereocenters. The zero-order valence-electron chi connectivity index (χ0n) is 22.2. The third-order valence-corrected chi connectivity index (χ3v) is 8.85. The number of nitrogens with one attached hydrogen (secondary N) is 3. The Morgan fingerprint density at radius 3 is 2.46 bits per heavy atom.